The molecule has 0 fully saturated rings. The van der Waals surface area contributed by atoms with Crippen molar-refractivity contribution in [2.45, 2.75) is 92.2 Å². The highest BCUT2D eigenvalue weighted by Crippen LogP contribution is 2.37. The van der Waals surface area contributed by atoms with Crippen LogP contribution >= 0.6 is 0 Å². The van der Waals surface area contributed by atoms with Crippen LogP contribution in [0.4, 0.5) is 8.78 Å². The van der Waals surface area contributed by atoms with Gasteiger partial charge in [0.1, 0.15) is 0 Å². The first-order valence-corrected chi connectivity index (χ1v) is 27.9. The van der Waals surface area contributed by atoms with E-state index in [1.54, 1.807) is 13.0 Å². The molecule has 0 radical (unpaired) electrons. The molecule has 2 atom stereocenters. The summed E-state index contributed by atoms with van der Waals surface area (Å²) in [5, 5.41) is 26.6. The molecule has 0 saturated heterocycles. The van der Waals surface area contributed by atoms with Gasteiger partial charge in [-0.15, -0.1) is 0 Å². The van der Waals surface area contributed by atoms with Gasteiger partial charge in [-0.25, -0.2) is 8.42 Å². The summed E-state index contributed by atoms with van der Waals surface area (Å²) in [6.45, 7) is 2.45. The molecule has 8 rings (SSSR count). The maximum Gasteiger partial charge on any atom is 0.367 e. The number of fused-ring (bicyclic) bond motifs is 2. The minimum atomic E-state index is -6.00. The summed E-state index contributed by atoms with van der Waals surface area (Å²) >= 11 is 0. The molecule has 0 bridgehead atoms. The van der Waals surface area contributed by atoms with E-state index < -0.39 is 51.4 Å². The van der Waals surface area contributed by atoms with Gasteiger partial charge in [0, 0.05) is 23.6 Å². The number of hydrogen-bond acceptors (Lipinski definition) is 11. The van der Waals surface area contributed by atoms with Crippen LogP contribution in [0.5, 0.6) is 0 Å². The van der Waals surface area contributed by atoms with Crippen molar-refractivity contribution in [3.8, 4) is 12.1 Å². The SMILES string of the molecule is CCOC(=O)CCC(C)(C#N)N=NC(C)(C#N)CCC(=O)OCC(F)(F)S(=O)(=O)[O-].c1ccc([S+](c2ccccc2)c2cccc3ccccc23)cc1.c1ccc([S+](c2ccccc2)c2cccc3ccccc23)cc1. The summed E-state index contributed by atoms with van der Waals surface area (Å²) in [6.07, 6.45) is -1.15. The van der Waals surface area contributed by atoms with Crippen molar-refractivity contribution in [3.05, 3.63) is 206 Å². The van der Waals surface area contributed by atoms with E-state index in [-0.39, 0.29) is 47.7 Å². The van der Waals surface area contributed by atoms with E-state index in [1.165, 1.54) is 64.8 Å². The number of azo groups is 1. The molecule has 2 unspecified atom stereocenters. The van der Waals surface area contributed by atoms with Gasteiger partial charge < -0.3 is 14.0 Å². The second-order valence-corrected chi connectivity index (χ2v) is 22.8. The number of esters is 2. The average Bonchev–Trinajstić information content (AvgIpc) is 3.45. The predicted molar refractivity (Wildman–Crippen MR) is 292 cm³/mol. The topological polar surface area (TPSA) is 182 Å². The van der Waals surface area contributed by atoms with Crippen LogP contribution < -0.4 is 0 Å². The lowest BCUT2D eigenvalue weighted by Gasteiger charge is -2.20. The molecule has 8 aromatic rings. The van der Waals surface area contributed by atoms with Crippen LogP contribution in [-0.2, 0) is 51.0 Å². The van der Waals surface area contributed by atoms with Crippen LogP contribution in [0.15, 0.2) is 246 Å². The van der Waals surface area contributed by atoms with Gasteiger partial charge in [-0.05, 0) is 117 Å². The predicted octanol–water partition coefficient (Wildman–Crippen LogP) is 13.7. The fraction of sp³-hybridized carbons (Fsp3) is 0.200. The third-order valence-corrected chi connectivity index (χ3v) is 16.9. The molecule has 388 valence electrons. The molecule has 0 heterocycles. The number of alkyl halides is 2. The smallest absolute Gasteiger partial charge is 0.367 e. The third kappa shape index (κ3) is 15.9. The lowest BCUT2D eigenvalue weighted by atomic mass is 9.97. The van der Waals surface area contributed by atoms with Crippen LogP contribution in [0.3, 0.4) is 0 Å². The highest BCUT2D eigenvalue weighted by molar-refractivity contribution is 7.97. The maximum absolute atomic E-state index is 13.0. The van der Waals surface area contributed by atoms with Gasteiger partial charge in [-0.1, -0.05) is 133 Å². The van der Waals surface area contributed by atoms with E-state index >= 15 is 0 Å². The van der Waals surface area contributed by atoms with Crippen molar-refractivity contribution in [2.75, 3.05) is 13.2 Å². The Hall–Kier alpha value is -7.73. The molecule has 8 aromatic carbocycles. The molecule has 0 spiro atoms. The monoisotopic (exact) mass is 1080 g/mol. The first-order valence-electron chi connectivity index (χ1n) is 24.1. The zero-order valence-corrected chi connectivity index (χ0v) is 44.4. The van der Waals surface area contributed by atoms with Crippen LogP contribution in [0.25, 0.3) is 21.5 Å². The fourth-order valence-corrected chi connectivity index (χ4v) is 12.2. The zero-order valence-electron chi connectivity index (χ0n) is 42.0. The number of hydrogen-bond donors (Lipinski definition) is 0. The summed E-state index contributed by atoms with van der Waals surface area (Å²) in [7, 11) is -6.18. The standard InChI is InChI=1S/2C22H17S.C16H22F2N4O7S/c2*1-3-12-19(13-4-1)23(20-14-5-2-6-15-20)22-17-9-11-18-10-7-8-16-21(18)22;1-4-28-12(23)5-7-14(2,9-19)21-22-15(3,10-20)8-6-13(24)29-11-16(17,18)30(25,26)27/h2*1-17H;4-8,11H2,1-3H3,(H,25,26,27)/q2*+1;/p-1. The number of ether oxygens (including phenoxy) is 2. The fourth-order valence-electron chi connectivity index (χ4n) is 7.46. The number of carbonyl (C=O) groups excluding carboxylic acids is 2. The number of carbonyl (C=O) groups is 2. The summed E-state index contributed by atoms with van der Waals surface area (Å²) in [6, 6.07) is 77.4. The van der Waals surface area contributed by atoms with Gasteiger partial charge in [0.15, 0.2) is 57.2 Å². The lowest BCUT2D eigenvalue weighted by molar-refractivity contribution is -0.150. The maximum atomic E-state index is 13.0. The highest BCUT2D eigenvalue weighted by atomic mass is 32.2. The van der Waals surface area contributed by atoms with Gasteiger partial charge in [-0.2, -0.15) is 29.5 Å². The number of nitriles is 2. The van der Waals surface area contributed by atoms with Crippen molar-refractivity contribution >= 4 is 65.4 Å². The molecule has 0 amide bonds. The Labute approximate surface area is 448 Å². The molecule has 0 N–H and O–H groups in total. The Morgan fingerprint density at radius 2 is 0.842 bits per heavy atom. The minimum absolute atomic E-state index is 0.0475. The second-order valence-electron chi connectivity index (χ2n) is 17.3. The van der Waals surface area contributed by atoms with Crippen molar-refractivity contribution in [3.63, 3.8) is 0 Å². The first-order chi connectivity index (χ1) is 36.5. The minimum Gasteiger partial charge on any atom is -0.743 e. The summed E-state index contributed by atoms with van der Waals surface area (Å²) in [5.74, 6) is -1.84. The van der Waals surface area contributed by atoms with Crippen LogP contribution in [-0.4, -0.2) is 54.5 Å². The Bertz CT molecular complexity index is 3170. The number of benzene rings is 8. The molecule has 0 aliphatic rings. The van der Waals surface area contributed by atoms with E-state index in [4.69, 9.17) is 4.74 Å². The van der Waals surface area contributed by atoms with Gasteiger partial charge in [0.25, 0.3) is 0 Å². The Morgan fingerprint density at radius 1 is 0.526 bits per heavy atom. The molecule has 11 nitrogen and oxygen atoms in total. The highest BCUT2D eigenvalue weighted by Gasteiger charge is 2.40. The first kappa shape index (κ1) is 57.5. The van der Waals surface area contributed by atoms with E-state index in [1.807, 2.05) is 6.07 Å². The van der Waals surface area contributed by atoms with Crippen molar-refractivity contribution in [1.29, 1.82) is 10.5 Å². The number of rotatable bonds is 18. The summed E-state index contributed by atoms with van der Waals surface area (Å²) in [4.78, 5) is 31.2. The largest absolute Gasteiger partial charge is 0.743 e. The van der Waals surface area contributed by atoms with Gasteiger partial charge >= 0.3 is 17.2 Å². The normalized spacial score (nSPS) is 13.0. The van der Waals surface area contributed by atoms with E-state index in [0.717, 1.165) is 0 Å². The average molecular weight is 1080 g/mol. The van der Waals surface area contributed by atoms with Crippen LogP contribution in [0, 0.1) is 22.7 Å². The Kier molecular flexibility index (Phi) is 20.6. The Morgan fingerprint density at radius 3 is 1.17 bits per heavy atom. The van der Waals surface area contributed by atoms with E-state index in [2.05, 4.69) is 221 Å². The second kappa shape index (κ2) is 27.2. The van der Waals surface area contributed by atoms with Crippen molar-refractivity contribution in [1.82, 2.24) is 0 Å². The summed E-state index contributed by atoms with van der Waals surface area (Å²) < 4.78 is 65.8. The summed E-state index contributed by atoms with van der Waals surface area (Å²) in [5.41, 5.74) is -3.11. The van der Waals surface area contributed by atoms with Crippen LogP contribution in [0.1, 0.15) is 46.5 Å². The van der Waals surface area contributed by atoms with Gasteiger partial charge in [-0.3, -0.25) is 9.59 Å². The third-order valence-electron chi connectivity index (χ3n) is 11.5. The molecule has 0 aliphatic heterocycles. The zero-order chi connectivity index (χ0) is 54.6. The molecule has 0 aliphatic carbocycles. The molecular weight excluding hydrogens is 1020 g/mol. The lowest BCUT2D eigenvalue weighted by Crippen LogP contribution is -2.35. The quantitative estimate of drug-likeness (QED) is 0.0349. The van der Waals surface area contributed by atoms with Gasteiger partial charge in [0.2, 0.25) is 0 Å². The molecular formula is C60H55F2N4O7S3+. The van der Waals surface area contributed by atoms with E-state index in [9.17, 15) is 41.9 Å². The van der Waals surface area contributed by atoms with Crippen LogP contribution in [0.2, 0.25) is 0 Å². The van der Waals surface area contributed by atoms with Gasteiger partial charge in [0.05, 0.1) is 40.5 Å². The molecule has 16 heteroatoms. The Balaban J connectivity index is 0.000000186. The number of nitrogens with zero attached hydrogens (tertiary/aromatic N) is 4. The molecule has 0 aromatic heterocycles. The van der Waals surface area contributed by atoms with Crippen molar-refractivity contribution < 1.29 is 40.8 Å². The molecule has 76 heavy (non-hydrogen) atoms. The van der Waals surface area contributed by atoms with E-state index in [0.29, 0.717) is 0 Å². The number of halogens is 2. The van der Waals surface area contributed by atoms with Crippen molar-refractivity contribution in [2.24, 2.45) is 10.2 Å². The molecule has 0 saturated carbocycles.